The maximum absolute atomic E-state index is 11.0. The summed E-state index contributed by atoms with van der Waals surface area (Å²) in [5, 5.41) is 1.81. The van der Waals surface area contributed by atoms with E-state index in [4.69, 9.17) is 15.3 Å². The van der Waals surface area contributed by atoms with Gasteiger partial charge >= 0.3 is 5.97 Å². The van der Waals surface area contributed by atoms with Gasteiger partial charge in [-0.25, -0.2) is 9.80 Å². The number of rotatable bonds is 7. The molecule has 1 saturated heterocycles. The molecule has 1 aliphatic rings. The van der Waals surface area contributed by atoms with Crippen molar-refractivity contribution in [2.24, 2.45) is 5.84 Å². The zero-order valence-corrected chi connectivity index (χ0v) is 11.1. The average Bonchev–Trinajstić information content (AvgIpc) is 2.34. The molecule has 0 aliphatic carbocycles. The molecule has 0 saturated carbocycles. The highest BCUT2D eigenvalue weighted by Crippen LogP contribution is 2.12. The van der Waals surface area contributed by atoms with Gasteiger partial charge in [-0.3, -0.25) is 5.84 Å². The number of ether oxygens (including phenoxy) is 2. The Morgan fingerprint density at radius 2 is 2.44 bits per heavy atom. The van der Waals surface area contributed by atoms with Gasteiger partial charge in [0.25, 0.3) is 0 Å². The third-order valence-corrected chi connectivity index (χ3v) is 3.04. The van der Waals surface area contributed by atoms with Crippen LogP contribution in [-0.4, -0.2) is 42.9 Å². The molecule has 2 N–H and O–H groups in total. The highest BCUT2D eigenvalue weighted by molar-refractivity contribution is 5.81. The summed E-state index contributed by atoms with van der Waals surface area (Å²) in [5.74, 6) is 5.38. The minimum Gasteiger partial charge on any atom is -0.460 e. The molecule has 5 heteroatoms. The van der Waals surface area contributed by atoms with Crippen molar-refractivity contribution in [1.82, 2.24) is 5.01 Å². The first-order chi connectivity index (χ1) is 8.61. The fourth-order valence-electron chi connectivity index (χ4n) is 2.03. The summed E-state index contributed by atoms with van der Waals surface area (Å²) < 4.78 is 10.7. The van der Waals surface area contributed by atoms with Crippen molar-refractivity contribution in [2.75, 3.05) is 19.7 Å². The summed E-state index contributed by atoms with van der Waals surface area (Å²) in [4.78, 5) is 11.0. The molecule has 0 spiro atoms. The van der Waals surface area contributed by atoms with Crippen molar-refractivity contribution < 1.29 is 14.3 Å². The van der Waals surface area contributed by atoms with Crippen molar-refractivity contribution in [3.8, 4) is 0 Å². The zero-order valence-electron chi connectivity index (χ0n) is 11.1. The molecule has 1 fully saturated rings. The number of hydrazine groups is 1. The van der Waals surface area contributed by atoms with E-state index in [2.05, 4.69) is 6.58 Å². The third-order valence-electron chi connectivity index (χ3n) is 3.04. The number of esters is 1. The minimum absolute atomic E-state index is 0.0474. The Hall–Kier alpha value is -0.910. The van der Waals surface area contributed by atoms with Gasteiger partial charge in [-0.2, -0.15) is 0 Å². The van der Waals surface area contributed by atoms with Gasteiger partial charge in [-0.05, 0) is 26.2 Å². The van der Waals surface area contributed by atoms with Gasteiger partial charge in [0, 0.05) is 19.2 Å². The average molecular weight is 256 g/mol. The van der Waals surface area contributed by atoms with Crippen LogP contribution in [0.25, 0.3) is 0 Å². The molecule has 1 heterocycles. The molecule has 5 nitrogen and oxygen atoms in total. The van der Waals surface area contributed by atoms with Crippen LogP contribution < -0.4 is 5.84 Å². The summed E-state index contributed by atoms with van der Waals surface area (Å²) in [6.07, 6.45) is 5.37. The monoisotopic (exact) mass is 256 g/mol. The quantitative estimate of drug-likeness (QED) is 0.321. The molecule has 0 amide bonds. The van der Waals surface area contributed by atoms with E-state index >= 15 is 0 Å². The standard InChI is InChI=1S/C13H24N2O3/c1-3-13(16)18-11(2)6-4-5-7-12-10-15(14)8-9-17-12/h3,11-12H,1,4-10,14H2,2H3. The van der Waals surface area contributed by atoms with Gasteiger partial charge in [-0.1, -0.05) is 13.0 Å². The number of carbonyl (C=O) groups is 1. The van der Waals surface area contributed by atoms with Crippen LogP contribution in [0.3, 0.4) is 0 Å². The summed E-state index contributed by atoms with van der Waals surface area (Å²) in [5.41, 5.74) is 0. The second kappa shape index (κ2) is 8.24. The summed E-state index contributed by atoms with van der Waals surface area (Å²) >= 11 is 0. The van der Waals surface area contributed by atoms with E-state index in [0.29, 0.717) is 6.61 Å². The fraction of sp³-hybridized carbons (Fsp3) is 0.769. The fourth-order valence-corrected chi connectivity index (χ4v) is 2.03. The van der Waals surface area contributed by atoms with Crippen molar-refractivity contribution in [1.29, 1.82) is 0 Å². The number of carbonyl (C=O) groups excluding carboxylic acids is 1. The van der Waals surface area contributed by atoms with Crippen molar-refractivity contribution >= 4 is 5.97 Å². The number of nitrogens with zero attached hydrogens (tertiary/aromatic N) is 1. The maximum atomic E-state index is 11.0. The Kier molecular flexibility index (Phi) is 6.93. The predicted octanol–water partition coefficient (Wildman–Crippen LogP) is 1.24. The lowest BCUT2D eigenvalue weighted by Crippen LogP contribution is -2.46. The van der Waals surface area contributed by atoms with Gasteiger partial charge in [0.05, 0.1) is 18.8 Å². The molecule has 0 bridgehead atoms. The SMILES string of the molecule is C=CC(=O)OC(C)CCCCC1CN(N)CCO1. The second-order valence-corrected chi connectivity index (χ2v) is 4.72. The first-order valence-corrected chi connectivity index (χ1v) is 6.56. The molecule has 0 aromatic rings. The Bertz CT molecular complexity index is 271. The lowest BCUT2D eigenvalue weighted by Gasteiger charge is -2.29. The molecule has 2 unspecified atom stereocenters. The number of morpholine rings is 1. The molecule has 1 rings (SSSR count). The Balaban J connectivity index is 2.03. The molecule has 18 heavy (non-hydrogen) atoms. The smallest absolute Gasteiger partial charge is 0.330 e. The van der Waals surface area contributed by atoms with E-state index in [1.54, 1.807) is 0 Å². The van der Waals surface area contributed by atoms with Crippen LogP contribution in [-0.2, 0) is 14.3 Å². The van der Waals surface area contributed by atoms with E-state index in [9.17, 15) is 4.79 Å². The topological polar surface area (TPSA) is 64.8 Å². The zero-order chi connectivity index (χ0) is 13.4. The number of hydrogen-bond acceptors (Lipinski definition) is 5. The number of unbranched alkanes of at least 4 members (excludes halogenated alkanes) is 1. The van der Waals surface area contributed by atoms with Crippen LogP contribution in [0.15, 0.2) is 12.7 Å². The van der Waals surface area contributed by atoms with Crippen molar-refractivity contribution in [3.63, 3.8) is 0 Å². The van der Waals surface area contributed by atoms with E-state index < -0.39 is 0 Å². The predicted molar refractivity (Wildman–Crippen MR) is 69.7 cm³/mol. The Morgan fingerprint density at radius 3 is 3.11 bits per heavy atom. The molecule has 0 aromatic heterocycles. The first kappa shape index (κ1) is 15.1. The molecular weight excluding hydrogens is 232 g/mol. The van der Waals surface area contributed by atoms with Crippen LogP contribution in [0.2, 0.25) is 0 Å². The molecule has 0 radical (unpaired) electrons. The minimum atomic E-state index is -0.350. The second-order valence-electron chi connectivity index (χ2n) is 4.72. The van der Waals surface area contributed by atoms with Crippen LogP contribution in [0.1, 0.15) is 32.6 Å². The van der Waals surface area contributed by atoms with E-state index in [1.165, 1.54) is 6.08 Å². The lowest BCUT2D eigenvalue weighted by atomic mass is 10.1. The third kappa shape index (κ3) is 6.14. The highest BCUT2D eigenvalue weighted by atomic mass is 16.5. The highest BCUT2D eigenvalue weighted by Gasteiger charge is 2.17. The van der Waals surface area contributed by atoms with E-state index in [0.717, 1.165) is 38.8 Å². The Morgan fingerprint density at radius 1 is 1.67 bits per heavy atom. The molecule has 1 aliphatic heterocycles. The molecule has 104 valence electrons. The van der Waals surface area contributed by atoms with Gasteiger partial charge in [-0.15, -0.1) is 0 Å². The molecular formula is C13H24N2O3. The summed E-state index contributed by atoms with van der Waals surface area (Å²) in [7, 11) is 0. The maximum Gasteiger partial charge on any atom is 0.330 e. The van der Waals surface area contributed by atoms with Crippen molar-refractivity contribution in [3.05, 3.63) is 12.7 Å². The van der Waals surface area contributed by atoms with Crippen LogP contribution >= 0.6 is 0 Å². The van der Waals surface area contributed by atoms with Crippen LogP contribution in [0, 0.1) is 0 Å². The van der Waals surface area contributed by atoms with Crippen LogP contribution in [0.5, 0.6) is 0 Å². The number of nitrogens with two attached hydrogens (primary N) is 1. The summed E-state index contributed by atoms with van der Waals surface area (Å²) in [6, 6.07) is 0. The van der Waals surface area contributed by atoms with Gasteiger partial charge in [0.15, 0.2) is 0 Å². The van der Waals surface area contributed by atoms with E-state index in [1.807, 2.05) is 11.9 Å². The van der Waals surface area contributed by atoms with Crippen LogP contribution in [0.4, 0.5) is 0 Å². The molecule has 2 atom stereocenters. The van der Waals surface area contributed by atoms with E-state index in [-0.39, 0.29) is 18.2 Å². The first-order valence-electron chi connectivity index (χ1n) is 6.56. The Labute approximate surface area is 109 Å². The van der Waals surface area contributed by atoms with Gasteiger partial charge < -0.3 is 9.47 Å². The lowest BCUT2D eigenvalue weighted by molar-refractivity contribution is -0.142. The summed E-state index contributed by atoms with van der Waals surface area (Å²) in [6.45, 7) is 7.61. The van der Waals surface area contributed by atoms with Gasteiger partial charge in [0.1, 0.15) is 0 Å². The van der Waals surface area contributed by atoms with Crippen molar-refractivity contribution in [2.45, 2.75) is 44.8 Å². The molecule has 0 aromatic carbocycles. The normalized spacial score (nSPS) is 22.4. The number of hydrogen-bond donors (Lipinski definition) is 1. The van der Waals surface area contributed by atoms with Gasteiger partial charge in [0.2, 0.25) is 0 Å². The largest absolute Gasteiger partial charge is 0.460 e.